The first kappa shape index (κ1) is 13.9. The first-order valence-corrected chi connectivity index (χ1v) is 6.75. The van der Waals surface area contributed by atoms with Crippen LogP contribution in [0.4, 0.5) is 14.6 Å². The highest BCUT2D eigenvalue weighted by molar-refractivity contribution is 5.47. The third kappa shape index (κ3) is 3.00. The van der Waals surface area contributed by atoms with Crippen LogP contribution in [0.3, 0.4) is 0 Å². The van der Waals surface area contributed by atoms with Gasteiger partial charge in [0.1, 0.15) is 23.3 Å². The van der Waals surface area contributed by atoms with E-state index in [1.165, 1.54) is 12.1 Å². The molecule has 1 N–H and O–H groups in total. The number of anilines is 1. The Kier molecular flexibility index (Phi) is 3.79. The second-order valence-electron chi connectivity index (χ2n) is 4.92. The molecule has 0 amide bonds. The Morgan fingerprint density at radius 1 is 1.19 bits per heavy atom. The van der Waals surface area contributed by atoms with Gasteiger partial charge >= 0.3 is 0 Å². The number of nitrogens with zero attached hydrogens (tertiary/aromatic N) is 2. The molecule has 0 fully saturated rings. The minimum atomic E-state index is -0.592. The van der Waals surface area contributed by atoms with E-state index in [4.69, 9.17) is 4.74 Å². The van der Waals surface area contributed by atoms with Crippen molar-refractivity contribution in [3.05, 3.63) is 52.5 Å². The van der Waals surface area contributed by atoms with E-state index in [9.17, 15) is 8.78 Å². The molecule has 21 heavy (non-hydrogen) atoms. The monoisotopic (exact) mass is 291 g/mol. The number of benzene rings is 1. The summed E-state index contributed by atoms with van der Waals surface area (Å²) in [5.74, 6) is 0.0759. The van der Waals surface area contributed by atoms with E-state index in [1.807, 2.05) is 0 Å². The third-order valence-corrected chi connectivity index (χ3v) is 3.39. The second kappa shape index (κ2) is 5.73. The zero-order valence-electron chi connectivity index (χ0n) is 11.6. The molecule has 2 aromatic rings. The number of aromatic nitrogens is 2. The van der Waals surface area contributed by atoms with Gasteiger partial charge in [0.2, 0.25) is 0 Å². The summed E-state index contributed by atoms with van der Waals surface area (Å²) in [5.41, 5.74) is 2.41. The fraction of sp³-hybridized carbons (Fsp3) is 0.333. The maximum absolute atomic E-state index is 13.2. The highest BCUT2D eigenvalue weighted by Crippen LogP contribution is 2.23. The molecule has 0 saturated carbocycles. The molecule has 0 aliphatic carbocycles. The van der Waals surface area contributed by atoms with Crippen LogP contribution < -0.4 is 5.32 Å². The Bertz CT molecular complexity index is 639. The van der Waals surface area contributed by atoms with Crippen molar-refractivity contribution in [2.75, 3.05) is 19.0 Å². The largest absolute Gasteiger partial charge is 0.376 e. The van der Waals surface area contributed by atoms with Crippen LogP contribution in [0.15, 0.2) is 18.2 Å². The maximum Gasteiger partial charge on any atom is 0.135 e. The predicted molar refractivity (Wildman–Crippen MR) is 74.1 cm³/mol. The van der Waals surface area contributed by atoms with Crippen molar-refractivity contribution in [3.63, 3.8) is 0 Å². The lowest BCUT2D eigenvalue weighted by molar-refractivity contribution is 0.109. The van der Waals surface area contributed by atoms with Crippen molar-refractivity contribution in [1.29, 1.82) is 0 Å². The van der Waals surface area contributed by atoms with E-state index in [2.05, 4.69) is 15.3 Å². The van der Waals surface area contributed by atoms with Gasteiger partial charge in [-0.3, -0.25) is 0 Å². The van der Waals surface area contributed by atoms with E-state index in [0.717, 1.165) is 23.7 Å². The summed E-state index contributed by atoms with van der Waals surface area (Å²) in [6.45, 7) is 1.11. The summed E-state index contributed by atoms with van der Waals surface area (Å²) in [6.07, 6.45) is 1.01. The van der Waals surface area contributed by atoms with Crippen molar-refractivity contribution in [2.45, 2.75) is 19.4 Å². The molecular formula is C15H15F2N3O. The van der Waals surface area contributed by atoms with Crippen LogP contribution in [0.5, 0.6) is 0 Å². The molecule has 1 aromatic heterocycles. The van der Waals surface area contributed by atoms with E-state index in [0.29, 0.717) is 30.4 Å². The Balaban J connectivity index is 1.95. The van der Waals surface area contributed by atoms with Crippen LogP contribution >= 0.6 is 0 Å². The topological polar surface area (TPSA) is 47.0 Å². The van der Waals surface area contributed by atoms with Crippen molar-refractivity contribution >= 4 is 5.82 Å². The highest BCUT2D eigenvalue weighted by Gasteiger charge is 2.17. The van der Waals surface area contributed by atoms with Crippen LogP contribution in [0.25, 0.3) is 0 Å². The van der Waals surface area contributed by atoms with E-state index < -0.39 is 11.6 Å². The zero-order chi connectivity index (χ0) is 14.8. The Labute approximate surface area is 121 Å². The number of nitrogens with one attached hydrogen (secondary N) is 1. The zero-order valence-corrected chi connectivity index (χ0v) is 11.6. The minimum absolute atomic E-state index is 0.289. The molecule has 110 valence electrons. The number of rotatable bonds is 3. The van der Waals surface area contributed by atoms with Crippen molar-refractivity contribution in [2.24, 2.45) is 0 Å². The van der Waals surface area contributed by atoms with Crippen LogP contribution in [-0.4, -0.2) is 23.6 Å². The van der Waals surface area contributed by atoms with Crippen LogP contribution in [-0.2, 0) is 24.2 Å². The third-order valence-electron chi connectivity index (χ3n) is 3.39. The lowest BCUT2D eigenvalue weighted by Gasteiger charge is -2.19. The van der Waals surface area contributed by atoms with E-state index in [-0.39, 0.29) is 6.42 Å². The molecular weight excluding hydrogens is 276 g/mol. The van der Waals surface area contributed by atoms with Gasteiger partial charge in [-0.2, -0.15) is 0 Å². The average Bonchev–Trinajstić information content (AvgIpc) is 2.45. The predicted octanol–water partition coefficient (Wildman–Crippen LogP) is 2.46. The molecule has 3 rings (SSSR count). The van der Waals surface area contributed by atoms with Crippen LogP contribution in [0, 0.1) is 11.6 Å². The Morgan fingerprint density at radius 2 is 1.95 bits per heavy atom. The number of halogens is 2. The molecule has 6 heteroatoms. The first-order chi connectivity index (χ1) is 10.2. The molecule has 2 heterocycles. The van der Waals surface area contributed by atoms with E-state index in [1.54, 1.807) is 7.05 Å². The van der Waals surface area contributed by atoms with Crippen LogP contribution in [0.2, 0.25) is 0 Å². The SMILES string of the molecule is CNc1nc(Cc2cc(F)cc(F)c2)nc2c1COCC2. The van der Waals surface area contributed by atoms with Gasteiger partial charge in [-0.15, -0.1) is 0 Å². The van der Waals surface area contributed by atoms with Crippen LogP contribution in [0.1, 0.15) is 22.6 Å². The smallest absolute Gasteiger partial charge is 0.135 e. The van der Waals surface area contributed by atoms with Crippen molar-refractivity contribution in [1.82, 2.24) is 9.97 Å². The summed E-state index contributed by atoms with van der Waals surface area (Å²) >= 11 is 0. The first-order valence-electron chi connectivity index (χ1n) is 6.75. The van der Waals surface area contributed by atoms with Crippen molar-refractivity contribution in [3.8, 4) is 0 Å². The van der Waals surface area contributed by atoms with Gasteiger partial charge in [0.25, 0.3) is 0 Å². The lowest BCUT2D eigenvalue weighted by Crippen LogP contribution is -2.17. The Hall–Kier alpha value is -2.08. The molecule has 0 saturated heterocycles. The minimum Gasteiger partial charge on any atom is -0.376 e. The van der Waals surface area contributed by atoms with Gasteiger partial charge in [0.15, 0.2) is 0 Å². The standard InChI is InChI=1S/C15H15F2N3O/c1-18-15-12-8-21-3-2-13(12)19-14(20-15)6-9-4-10(16)7-11(17)5-9/h4-5,7H,2-3,6,8H2,1H3,(H,18,19,20). The summed E-state index contributed by atoms with van der Waals surface area (Å²) in [4.78, 5) is 8.91. The van der Waals surface area contributed by atoms with Gasteiger partial charge in [-0.25, -0.2) is 18.7 Å². The summed E-state index contributed by atoms with van der Waals surface area (Å²) < 4.78 is 31.9. The van der Waals surface area contributed by atoms with Gasteiger partial charge < -0.3 is 10.1 Å². The molecule has 0 bridgehead atoms. The number of ether oxygens (including phenoxy) is 1. The Morgan fingerprint density at radius 3 is 2.67 bits per heavy atom. The summed E-state index contributed by atoms with van der Waals surface area (Å²) in [5, 5.41) is 3.02. The molecule has 4 nitrogen and oxygen atoms in total. The fourth-order valence-electron chi connectivity index (χ4n) is 2.46. The highest BCUT2D eigenvalue weighted by atomic mass is 19.1. The molecule has 0 radical (unpaired) electrons. The fourth-order valence-corrected chi connectivity index (χ4v) is 2.46. The molecule has 0 atom stereocenters. The molecule has 0 spiro atoms. The normalized spacial score (nSPS) is 13.9. The molecule has 1 aliphatic rings. The van der Waals surface area contributed by atoms with Gasteiger partial charge in [-0.05, 0) is 17.7 Å². The number of hydrogen-bond donors (Lipinski definition) is 1. The van der Waals surface area contributed by atoms with Gasteiger partial charge in [0.05, 0.1) is 18.9 Å². The quantitative estimate of drug-likeness (QED) is 0.943. The van der Waals surface area contributed by atoms with Gasteiger partial charge in [-0.1, -0.05) is 0 Å². The van der Waals surface area contributed by atoms with Crippen molar-refractivity contribution < 1.29 is 13.5 Å². The number of hydrogen-bond acceptors (Lipinski definition) is 4. The second-order valence-corrected chi connectivity index (χ2v) is 4.92. The number of fused-ring (bicyclic) bond motifs is 1. The van der Waals surface area contributed by atoms with E-state index >= 15 is 0 Å². The maximum atomic E-state index is 13.2. The summed E-state index contributed by atoms with van der Waals surface area (Å²) in [6, 6.07) is 3.45. The molecule has 0 unspecified atom stereocenters. The lowest BCUT2D eigenvalue weighted by atomic mass is 10.1. The average molecular weight is 291 g/mol. The summed E-state index contributed by atoms with van der Waals surface area (Å²) in [7, 11) is 1.78. The molecule has 1 aromatic carbocycles. The van der Waals surface area contributed by atoms with Gasteiger partial charge in [0, 0.05) is 31.5 Å². The molecule has 1 aliphatic heterocycles.